The fourth-order valence-corrected chi connectivity index (χ4v) is 1.75. The molecule has 3 heteroatoms. The van der Waals surface area contributed by atoms with Gasteiger partial charge in [0.1, 0.15) is 0 Å². The van der Waals surface area contributed by atoms with Crippen LogP contribution in [0.15, 0.2) is 48.1 Å². The van der Waals surface area contributed by atoms with Crippen LogP contribution >= 0.6 is 11.3 Å². The molecule has 0 atom stereocenters. The molecule has 2 aromatic heterocycles. The average molecular weight is 203 g/mol. The molecule has 14 heavy (non-hydrogen) atoms. The largest absolute Gasteiger partial charge is 0.330 e. The van der Waals surface area contributed by atoms with Crippen LogP contribution in [0.5, 0.6) is 0 Å². The van der Waals surface area contributed by atoms with Crippen molar-refractivity contribution < 1.29 is 4.79 Å². The van der Waals surface area contributed by atoms with Crippen molar-refractivity contribution in [1.82, 2.24) is 4.57 Å². The molecule has 0 spiro atoms. The van der Waals surface area contributed by atoms with Gasteiger partial charge in [-0.1, -0.05) is 6.07 Å². The maximum Gasteiger partial charge on any atom is 0.197 e. The van der Waals surface area contributed by atoms with E-state index in [4.69, 9.17) is 0 Å². The van der Waals surface area contributed by atoms with Crippen molar-refractivity contribution in [2.45, 2.75) is 0 Å². The summed E-state index contributed by atoms with van der Waals surface area (Å²) >= 11 is 1.46. The van der Waals surface area contributed by atoms with Gasteiger partial charge in [-0.05, 0) is 23.6 Å². The molecule has 0 radical (unpaired) electrons. The van der Waals surface area contributed by atoms with Gasteiger partial charge >= 0.3 is 0 Å². The van der Waals surface area contributed by atoms with Crippen LogP contribution in [0.3, 0.4) is 0 Å². The lowest BCUT2D eigenvalue weighted by molar-refractivity contribution is 0.105. The molecule has 0 saturated carbocycles. The average Bonchev–Trinajstić information content (AvgIpc) is 2.87. The highest BCUT2D eigenvalue weighted by Gasteiger charge is 2.00. The summed E-state index contributed by atoms with van der Waals surface area (Å²) in [6.07, 6.45) is 7.10. The molecule has 0 unspecified atom stereocenters. The Morgan fingerprint density at radius 3 is 2.71 bits per heavy atom. The lowest BCUT2D eigenvalue weighted by Crippen LogP contribution is -1.90. The summed E-state index contributed by atoms with van der Waals surface area (Å²) in [6.45, 7) is 0. The van der Waals surface area contributed by atoms with E-state index in [1.54, 1.807) is 12.3 Å². The molecule has 0 saturated heterocycles. The summed E-state index contributed by atoms with van der Waals surface area (Å²) in [5, 5.41) is 1.90. The van der Waals surface area contributed by atoms with Crippen molar-refractivity contribution in [3.05, 3.63) is 53.0 Å². The second-order valence-corrected chi connectivity index (χ2v) is 3.74. The number of hydrogen-bond donors (Lipinski definition) is 0. The van der Waals surface area contributed by atoms with Crippen LogP contribution in [-0.4, -0.2) is 10.4 Å². The molecule has 0 aliphatic heterocycles. The number of hydrogen-bond acceptors (Lipinski definition) is 2. The number of rotatable bonds is 3. The minimum atomic E-state index is 0.0497. The van der Waals surface area contributed by atoms with Gasteiger partial charge in [0, 0.05) is 24.7 Å². The number of allylic oxidation sites excluding steroid dienone is 1. The van der Waals surface area contributed by atoms with Gasteiger partial charge in [0.15, 0.2) is 5.78 Å². The maximum absolute atomic E-state index is 11.5. The topological polar surface area (TPSA) is 22.0 Å². The lowest BCUT2D eigenvalue weighted by atomic mass is 10.3. The molecular formula is C11H9NOS. The summed E-state index contributed by atoms with van der Waals surface area (Å²) in [5.41, 5.74) is 0. The summed E-state index contributed by atoms with van der Waals surface area (Å²) in [6, 6.07) is 7.54. The molecule has 0 aliphatic rings. The summed E-state index contributed by atoms with van der Waals surface area (Å²) in [7, 11) is 0. The molecule has 0 N–H and O–H groups in total. The Kier molecular flexibility index (Phi) is 2.60. The van der Waals surface area contributed by atoms with Crippen molar-refractivity contribution in [3.63, 3.8) is 0 Å². The van der Waals surface area contributed by atoms with E-state index in [1.807, 2.05) is 46.6 Å². The zero-order valence-corrected chi connectivity index (χ0v) is 8.28. The van der Waals surface area contributed by atoms with Gasteiger partial charge in [0.2, 0.25) is 0 Å². The van der Waals surface area contributed by atoms with Crippen LogP contribution in [-0.2, 0) is 0 Å². The Bertz CT molecular complexity index is 426. The quantitative estimate of drug-likeness (QED) is 0.555. The van der Waals surface area contributed by atoms with Crippen molar-refractivity contribution in [1.29, 1.82) is 0 Å². The van der Waals surface area contributed by atoms with Gasteiger partial charge in [-0.15, -0.1) is 11.3 Å². The minimum absolute atomic E-state index is 0.0497. The number of ketones is 1. The Hall–Kier alpha value is -1.61. The van der Waals surface area contributed by atoms with Gasteiger partial charge in [-0.3, -0.25) is 4.79 Å². The van der Waals surface area contributed by atoms with E-state index in [9.17, 15) is 4.79 Å². The second-order valence-electron chi connectivity index (χ2n) is 2.79. The highest BCUT2D eigenvalue weighted by Crippen LogP contribution is 2.09. The zero-order valence-electron chi connectivity index (χ0n) is 7.46. The molecule has 0 aliphatic carbocycles. The number of carbonyl (C=O) groups excluding carboxylic acids is 1. The number of thiophene rings is 1. The van der Waals surface area contributed by atoms with E-state index < -0.39 is 0 Å². The first-order valence-electron chi connectivity index (χ1n) is 4.25. The molecule has 0 fully saturated rings. The van der Waals surface area contributed by atoms with Crippen LogP contribution in [0, 0.1) is 0 Å². The monoisotopic (exact) mass is 203 g/mol. The summed E-state index contributed by atoms with van der Waals surface area (Å²) < 4.78 is 1.84. The van der Waals surface area contributed by atoms with Gasteiger partial charge in [-0.2, -0.15) is 0 Å². The normalized spacial score (nSPS) is 10.9. The van der Waals surface area contributed by atoms with Gasteiger partial charge in [0.25, 0.3) is 0 Å². The Morgan fingerprint density at radius 2 is 2.07 bits per heavy atom. The van der Waals surface area contributed by atoms with E-state index in [0.29, 0.717) is 0 Å². The smallest absolute Gasteiger partial charge is 0.197 e. The SMILES string of the molecule is O=C(C=Cn1cccc1)c1cccs1. The highest BCUT2D eigenvalue weighted by atomic mass is 32.1. The third kappa shape index (κ3) is 2.00. The molecule has 2 aromatic rings. The fraction of sp³-hybridized carbons (Fsp3) is 0. The Labute approximate surface area is 86.1 Å². The van der Waals surface area contributed by atoms with E-state index in [1.165, 1.54) is 11.3 Å². The first-order valence-corrected chi connectivity index (χ1v) is 5.13. The molecule has 0 aromatic carbocycles. The van der Waals surface area contributed by atoms with Crippen molar-refractivity contribution in [2.24, 2.45) is 0 Å². The molecule has 70 valence electrons. The van der Waals surface area contributed by atoms with Crippen LogP contribution in [0.1, 0.15) is 9.67 Å². The molecule has 2 nitrogen and oxygen atoms in total. The predicted molar refractivity (Wildman–Crippen MR) is 58.4 cm³/mol. The Morgan fingerprint density at radius 1 is 1.29 bits per heavy atom. The number of carbonyl (C=O) groups is 1. The van der Waals surface area contributed by atoms with Crippen molar-refractivity contribution in [2.75, 3.05) is 0 Å². The van der Waals surface area contributed by atoms with Gasteiger partial charge in [0.05, 0.1) is 4.88 Å². The first kappa shape index (κ1) is 8.97. The van der Waals surface area contributed by atoms with Gasteiger partial charge in [-0.25, -0.2) is 0 Å². The summed E-state index contributed by atoms with van der Waals surface area (Å²) in [4.78, 5) is 12.3. The fourth-order valence-electron chi connectivity index (χ4n) is 1.10. The first-order chi connectivity index (χ1) is 6.86. The van der Waals surface area contributed by atoms with Crippen LogP contribution < -0.4 is 0 Å². The van der Waals surface area contributed by atoms with E-state index in [0.717, 1.165) is 4.88 Å². The molecule has 0 bridgehead atoms. The third-order valence-corrected chi connectivity index (χ3v) is 2.67. The van der Waals surface area contributed by atoms with Crippen LogP contribution in [0.4, 0.5) is 0 Å². The standard InChI is InChI=1S/C11H9NOS/c13-10(11-4-3-9-14-11)5-8-12-6-1-2-7-12/h1-9H. The van der Waals surface area contributed by atoms with Crippen molar-refractivity contribution in [3.8, 4) is 0 Å². The predicted octanol–water partition coefficient (Wildman–Crippen LogP) is 2.90. The molecule has 2 rings (SSSR count). The van der Waals surface area contributed by atoms with Crippen molar-refractivity contribution >= 4 is 23.3 Å². The van der Waals surface area contributed by atoms with Gasteiger partial charge < -0.3 is 4.57 Å². The maximum atomic E-state index is 11.5. The summed E-state index contributed by atoms with van der Waals surface area (Å²) in [5.74, 6) is 0.0497. The lowest BCUT2D eigenvalue weighted by Gasteiger charge is -1.90. The minimum Gasteiger partial charge on any atom is -0.330 e. The Balaban J connectivity index is 2.09. The zero-order chi connectivity index (χ0) is 9.80. The van der Waals surface area contributed by atoms with E-state index >= 15 is 0 Å². The van der Waals surface area contributed by atoms with E-state index in [2.05, 4.69) is 0 Å². The van der Waals surface area contributed by atoms with Crippen LogP contribution in [0.25, 0.3) is 6.20 Å². The number of nitrogens with zero attached hydrogens (tertiary/aromatic N) is 1. The highest BCUT2D eigenvalue weighted by molar-refractivity contribution is 7.12. The van der Waals surface area contributed by atoms with E-state index in [-0.39, 0.29) is 5.78 Å². The molecule has 2 heterocycles. The third-order valence-electron chi connectivity index (χ3n) is 1.79. The number of aromatic nitrogens is 1. The second kappa shape index (κ2) is 4.07. The molecular weight excluding hydrogens is 194 g/mol. The molecule has 0 amide bonds. The van der Waals surface area contributed by atoms with Crippen LogP contribution in [0.2, 0.25) is 0 Å².